The Hall–Kier alpha value is -1.22. The molecule has 0 unspecified atom stereocenters. The summed E-state index contributed by atoms with van der Waals surface area (Å²) in [6, 6.07) is 2.86. The van der Waals surface area contributed by atoms with Crippen LogP contribution in [0, 0.1) is 5.82 Å². The molecule has 1 rings (SSSR count). The summed E-state index contributed by atoms with van der Waals surface area (Å²) in [7, 11) is -0.647. The molecular formula is C12H16ClFN2O4S. The summed E-state index contributed by atoms with van der Waals surface area (Å²) in [5.41, 5.74) is 0. The van der Waals surface area contributed by atoms with Gasteiger partial charge in [-0.05, 0) is 32.3 Å². The molecule has 1 N–H and O–H groups in total. The van der Waals surface area contributed by atoms with E-state index in [4.69, 9.17) is 16.7 Å². The predicted molar refractivity (Wildman–Crippen MR) is 76.4 cm³/mol. The average Bonchev–Trinajstić information content (AvgIpc) is 2.33. The number of carbonyl (C=O) groups is 1. The summed E-state index contributed by atoms with van der Waals surface area (Å²) in [6.45, 7) is -0.370. The Balaban J connectivity index is 3.16. The van der Waals surface area contributed by atoms with Crippen LogP contribution in [-0.2, 0) is 14.8 Å². The van der Waals surface area contributed by atoms with E-state index in [0.717, 1.165) is 22.5 Å². The largest absolute Gasteiger partial charge is 0.480 e. The minimum Gasteiger partial charge on any atom is -0.480 e. The normalized spacial score (nSPS) is 12.1. The summed E-state index contributed by atoms with van der Waals surface area (Å²) in [6.07, 6.45) is 0. The molecule has 1 aromatic rings. The van der Waals surface area contributed by atoms with Gasteiger partial charge in [0.25, 0.3) is 0 Å². The number of benzene rings is 1. The third kappa shape index (κ3) is 4.92. The molecule has 0 aliphatic rings. The third-order valence-electron chi connectivity index (χ3n) is 2.62. The molecule has 0 amide bonds. The van der Waals surface area contributed by atoms with Crippen LogP contribution in [0.15, 0.2) is 23.1 Å². The van der Waals surface area contributed by atoms with E-state index in [0.29, 0.717) is 6.54 Å². The fraction of sp³-hybridized carbons (Fsp3) is 0.417. The fourth-order valence-corrected chi connectivity index (χ4v) is 3.46. The first-order valence-electron chi connectivity index (χ1n) is 5.96. The van der Waals surface area contributed by atoms with E-state index < -0.39 is 28.4 Å². The van der Waals surface area contributed by atoms with Gasteiger partial charge < -0.3 is 10.0 Å². The van der Waals surface area contributed by atoms with Crippen LogP contribution in [0.25, 0.3) is 0 Å². The van der Waals surface area contributed by atoms with Gasteiger partial charge >= 0.3 is 5.97 Å². The highest BCUT2D eigenvalue weighted by Gasteiger charge is 2.28. The van der Waals surface area contributed by atoms with Crippen LogP contribution < -0.4 is 0 Å². The Morgan fingerprint density at radius 2 is 1.95 bits per heavy atom. The first kappa shape index (κ1) is 17.8. The van der Waals surface area contributed by atoms with Crippen LogP contribution in [-0.4, -0.2) is 62.4 Å². The van der Waals surface area contributed by atoms with Crippen LogP contribution in [0.1, 0.15) is 0 Å². The highest BCUT2D eigenvalue weighted by atomic mass is 35.5. The maximum atomic E-state index is 13.0. The summed E-state index contributed by atoms with van der Waals surface area (Å²) in [5, 5.41) is 8.58. The van der Waals surface area contributed by atoms with Gasteiger partial charge in [-0.3, -0.25) is 4.79 Å². The van der Waals surface area contributed by atoms with Gasteiger partial charge in [-0.2, -0.15) is 4.31 Å². The number of hydrogen-bond donors (Lipinski definition) is 1. The van der Waals surface area contributed by atoms with E-state index in [-0.39, 0.29) is 16.5 Å². The summed E-state index contributed by atoms with van der Waals surface area (Å²) < 4.78 is 38.7. The monoisotopic (exact) mass is 338 g/mol. The van der Waals surface area contributed by atoms with E-state index >= 15 is 0 Å². The van der Waals surface area contributed by atoms with Gasteiger partial charge in [0.05, 0.1) is 5.02 Å². The Morgan fingerprint density at radius 3 is 2.43 bits per heavy atom. The van der Waals surface area contributed by atoms with Crippen molar-refractivity contribution in [2.75, 3.05) is 33.7 Å². The first-order chi connectivity index (χ1) is 9.64. The molecule has 1 aromatic carbocycles. The minimum absolute atomic E-state index is 0.0185. The number of halogens is 2. The predicted octanol–water partition coefficient (Wildman–Crippen LogP) is 1.12. The third-order valence-corrected chi connectivity index (χ3v) is 4.95. The second-order valence-electron chi connectivity index (χ2n) is 4.61. The second-order valence-corrected chi connectivity index (χ2v) is 6.92. The number of sulfonamides is 1. The number of rotatable bonds is 7. The zero-order valence-electron chi connectivity index (χ0n) is 11.6. The van der Waals surface area contributed by atoms with Gasteiger partial charge in [-0.25, -0.2) is 12.8 Å². The first-order valence-corrected chi connectivity index (χ1v) is 7.78. The Kier molecular flexibility index (Phi) is 6.09. The Labute approximate surface area is 127 Å². The molecule has 0 fully saturated rings. The molecule has 0 radical (unpaired) electrons. The lowest BCUT2D eigenvalue weighted by atomic mass is 10.3. The number of carboxylic acid groups (broad SMARTS) is 1. The SMILES string of the molecule is CN(C)CCN(CC(=O)O)S(=O)(=O)c1ccc(F)cc1Cl. The standard InChI is InChI=1S/C12H16ClFN2O4S/c1-15(2)5-6-16(8-12(17)18)21(19,20)11-4-3-9(14)7-10(11)13/h3-4,7H,5-6,8H2,1-2H3,(H,17,18). The smallest absolute Gasteiger partial charge is 0.318 e. The molecule has 0 heterocycles. The van der Waals surface area contributed by atoms with Gasteiger partial charge in [0.2, 0.25) is 10.0 Å². The molecule has 0 aliphatic carbocycles. The number of nitrogens with zero attached hydrogens (tertiary/aromatic N) is 2. The van der Waals surface area contributed by atoms with E-state index in [9.17, 15) is 17.6 Å². The zero-order valence-corrected chi connectivity index (χ0v) is 13.2. The van der Waals surface area contributed by atoms with Crippen LogP contribution in [0.5, 0.6) is 0 Å². The number of hydrogen-bond acceptors (Lipinski definition) is 4. The van der Waals surface area contributed by atoms with Crippen LogP contribution >= 0.6 is 11.6 Å². The van der Waals surface area contributed by atoms with Crippen LogP contribution in [0.3, 0.4) is 0 Å². The minimum atomic E-state index is -4.11. The highest BCUT2D eigenvalue weighted by Crippen LogP contribution is 2.25. The zero-order chi connectivity index (χ0) is 16.2. The van der Waals surface area contributed by atoms with Crippen molar-refractivity contribution in [3.8, 4) is 0 Å². The van der Waals surface area contributed by atoms with Gasteiger partial charge in [0, 0.05) is 13.1 Å². The topological polar surface area (TPSA) is 77.9 Å². The molecule has 0 saturated heterocycles. The van der Waals surface area contributed by atoms with Crippen molar-refractivity contribution in [1.29, 1.82) is 0 Å². The van der Waals surface area contributed by atoms with Gasteiger partial charge in [0.1, 0.15) is 17.3 Å². The molecule has 9 heteroatoms. The van der Waals surface area contributed by atoms with Crippen molar-refractivity contribution >= 4 is 27.6 Å². The lowest BCUT2D eigenvalue weighted by Crippen LogP contribution is -2.40. The Bertz CT molecular complexity index is 622. The summed E-state index contributed by atoms with van der Waals surface area (Å²) >= 11 is 5.75. The highest BCUT2D eigenvalue weighted by molar-refractivity contribution is 7.89. The maximum Gasteiger partial charge on any atom is 0.318 e. The van der Waals surface area contributed by atoms with Gasteiger partial charge in [0.15, 0.2) is 0 Å². The van der Waals surface area contributed by atoms with Crippen molar-refractivity contribution < 1.29 is 22.7 Å². The fourth-order valence-electron chi connectivity index (χ4n) is 1.57. The molecule has 118 valence electrons. The van der Waals surface area contributed by atoms with Crippen LogP contribution in [0.2, 0.25) is 5.02 Å². The quantitative estimate of drug-likeness (QED) is 0.806. The molecule has 0 aromatic heterocycles. The van der Waals surface area contributed by atoms with E-state index in [1.54, 1.807) is 19.0 Å². The molecule has 21 heavy (non-hydrogen) atoms. The van der Waals surface area contributed by atoms with Crippen LogP contribution in [0.4, 0.5) is 4.39 Å². The van der Waals surface area contributed by atoms with Crippen molar-refractivity contribution in [1.82, 2.24) is 9.21 Å². The van der Waals surface area contributed by atoms with Crippen molar-refractivity contribution in [3.05, 3.63) is 29.0 Å². The number of aliphatic carboxylic acids is 1. The van der Waals surface area contributed by atoms with Gasteiger partial charge in [-0.15, -0.1) is 0 Å². The molecule has 0 spiro atoms. The molecular weight excluding hydrogens is 323 g/mol. The van der Waals surface area contributed by atoms with Crippen molar-refractivity contribution in [2.24, 2.45) is 0 Å². The lowest BCUT2D eigenvalue weighted by Gasteiger charge is -2.22. The summed E-state index contributed by atoms with van der Waals surface area (Å²) in [4.78, 5) is 12.3. The summed E-state index contributed by atoms with van der Waals surface area (Å²) in [5.74, 6) is -1.95. The molecule has 0 aliphatic heterocycles. The Morgan fingerprint density at radius 1 is 1.33 bits per heavy atom. The number of likely N-dealkylation sites (N-methyl/N-ethyl adjacent to an activating group) is 1. The molecule has 6 nitrogen and oxygen atoms in total. The lowest BCUT2D eigenvalue weighted by molar-refractivity contribution is -0.137. The molecule has 0 bridgehead atoms. The molecule has 0 atom stereocenters. The van der Waals surface area contributed by atoms with Gasteiger partial charge in [-0.1, -0.05) is 11.6 Å². The van der Waals surface area contributed by atoms with Crippen molar-refractivity contribution in [2.45, 2.75) is 4.90 Å². The maximum absolute atomic E-state index is 13.0. The van der Waals surface area contributed by atoms with E-state index in [2.05, 4.69) is 0 Å². The number of carboxylic acids is 1. The second kappa shape index (κ2) is 7.17. The average molecular weight is 339 g/mol. The van der Waals surface area contributed by atoms with Crippen molar-refractivity contribution in [3.63, 3.8) is 0 Å². The van der Waals surface area contributed by atoms with E-state index in [1.165, 1.54) is 0 Å². The molecule has 0 saturated carbocycles. The van der Waals surface area contributed by atoms with E-state index in [1.807, 2.05) is 0 Å².